The van der Waals surface area contributed by atoms with Gasteiger partial charge in [0.25, 0.3) is 0 Å². The van der Waals surface area contributed by atoms with Crippen LogP contribution in [-0.4, -0.2) is 57.7 Å². The highest BCUT2D eigenvalue weighted by Crippen LogP contribution is 2.36. The van der Waals surface area contributed by atoms with Crippen molar-refractivity contribution in [1.29, 1.82) is 0 Å². The number of H-pyrrole nitrogens is 1. The van der Waals surface area contributed by atoms with Crippen LogP contribution in [0.2, 0.25) is 0 Å². The maximum atomic E-state index is 13.3. The molecule has 1 saturated heterocycles. The maximum Gasteiger partial charge on any atom is 0.433 e. The van der Waals surface area contributed by atoms with Gasteiger partial charge in [0.2, 0.25) is 12.2 Å². The SMILES string of the molecule is C#C.C#C.CO.OC[C@@H]1C[C@H](O)C[C@H](Oc2n[nH]c(C(F)(F)F)c2Cc2ccccc2)O1. The van der Waals surface area contributed by atoms with Crippen molar-refractivity contribution >= 4 is 0 Å². The van der Waals surface area contributed by atoms with Crippen LogP contribution in [0, 0.1) is 25.7 Å². The summed E-state index contributed by atoms with van der Waals surface area (Å²) in [5.41, 5.74) is -0.443. The zero-order chi connectivity index (χ0) is 24.7. The van der Waals surface area contributed by atoms with E-state index >= 15 is 0 Å². The number of rotatable bonds is 5. The summed E-state index contributed by atoms with van der Waals surface area (Å²) >= 11 is 0. The van der Waals surface area contributed by atoms with E-state index in [1.807, 2.05) is 5.10 Å². The molecule has 0 bridgehead atoms. The molecule has 7 nitrogen and oxygen atoms in total. The van der Waals surface area contributed by atoms with E-state index in [2.05, 4.69) is 30.8 Å². The van der Waals surface area contributed by atoms with Crippen molar-refractivity contribution in [2.24, 2.45) is 0 Å². The largest absolute Gasteiger partial charge is 0.446 e. The number of aliphatic hydroxyl groups is 3. The Bertz CT molecular complexity index is 800. The molecule has 3 rings (SSSR count). The first-order chi connectivity index (χ1) is 15.4. The summed E-state index contributed by atoms with van der Waals surface area (Å²) in [6, 6.07) is 8.65. The highest BCUT2D eigenvalue weighted by Gasteiger charge is 2.39. The van der Waals surface area contributed by atoms with Gasteiger partial charge >= 0.3 is 6.18 Å². The normalized spacial score (nSPS) is 19.7. The molecule has 0 saturated carbocycles. The third-order valence-electron chi connectivity index (χ3n) is 4.13. The van der Waals surface area contributed by atoms with Crippen LogP contribution >= 0.6 is 0 Å². The predicted octanol–water partition coefficient (Wildman–Crippen LogP) is 2.36. The number of nitrogens with one attached hydrogen (secondary N) is 1. The standard InChI is InChI=1S/C17H19F3N2O4.2C2H2.CH4O/c18-17(19,20)15-13(6-10-4-2-1-3-5-10)16(22-21-15)26-14-8-11(24)7-12(9-23)25-14;3*1-2/h1-5,11-12,14,23-24H,6-9H2,(H,21,22);2*1-2H;2H,1H3/t11-,12-,14-;;;/m0.../s1. The Hall–Kier alpha value is -3.02. The topological polar surface area (TPSA) is 108 Å². The molecular weight excluding hydrogens is 429 g/mol. The number of nitrogens with zero attached hydrogens (tertiary/aromatic N) is 1. The highest BCUT2D eigenvalue weighted by atomic mass is 19.4. The summed E-state index contributed by atoms with van der Waals surface area (Å²) in [5, 5.41) is 31.7. The van der Waals surface area contributed by atoms with Gasteiger partial charge < -0.3 is 24.8 Å². The van der Waals surface area contributed by atoms with E-state index in [4.69, 9.17) is 14.6 Å². The van der Waals surface area contributed by atoms with Crippen LogP contribution in [0.1, 0.15) is 29.7 Å². The molecule has 1 aromatic heterocycles. The highest BCUT2D eigenvalue weighted by molar-refractivity contribution is 5.37. The average Bonchev–Trinajstić information content (AvgIpc) is 3.20. The molecule has 0 aliphatic carbocycles. The fraction of sp³-hybridized carbons (Fsp3) is 0.409. The summed E-state index contributed by atoms with van der Waals surface area (Å²) < 4.78 is 50.8. The van der Waals surface area contributed by atoms with Crippen LogP contribution in [0.3, 0.4) is 0 Å². The van der Waals surface area contributed by atoms with Gasteiger partial charge in [-0.05, 0) is 5.56 Å². The third kappa shape index (κ3) is 8.61. The van der Waals surface area contributed by atoms with Crippen LogP contribution < -0.4 is 4.74 Å². The molecule has 2 aromatic rings. The zero-order valence-corrected chi connectivity index (χ0v) is 17.5. The smallest absolute Gasteiger partial charge is 0.433 e. The number of alkyl halides is 3. The summed E-state index contributed by atoms with van der Waals surface area (Å²) in [6.45, 7) is -0.317. The minimum absolute atomic E-state index is 0.0276. The summed E-state index contributed by atoms with van der Waals surface area (Å²) in [5.74, 6) is -0.225. The van der Waals surface area contributed by atoms with Crippen molar-refractivity contribution in [3.63, 3.8) is 0 Å². The van der Waals surface area contributed by atoms with Crippen LogP contribution in [-0.2, 0) is 17.3 Å². The molecular formula is C22H27F3N2O5. The Balaban J connectivity index is 0.00000148. The number of terminal acetylenes is 2. The van der Waals surface area contributed by atoms with Crippen molar-refractivity contribution in [2.45, 2.75) is 43.9 Å². The lowest BCUT2D eigenvalue weighted by molar-refractivity contribution is -0.186. The molecule has 1 fully saturated rings. The van der Waals surface area contributed by atoms with Gasteiger partial charge in [-0.3, -0.25) is 5.10 Å². The second-order valence-corrected chi connectivity index (χ2v) is 6.16. The van der Waals surface area contributed by atoms with Gasteiger partial charge in [0.15, 0.2) is 0 Å². The molecule has 10 heteroatoms. The van der Waals surface area contributed by atoms with Gasteiger partial charge in [0, 0.05) is 26.4 Å². The zero-order valence-electron chi connectivity index (χ0n) is 17.5. The second-order valence-electron chi connectivity index (χ2n) is 6.16. The maximum absolute atomic E-state index is 13.3. The molecule has 4 N–H and O–H groups in total. The van der Waals surface area contributed by atoms with Gasteiger partial charge in [-0.2, -0.15) is 13.2 Å². The number of aromatic amines is 1. The molecule has 32 heavy (non-hydrogen) atoms. The van der Waals surface area contributed by atoms with E-state index in [-0.39, 0.29) is 37.3 Å². The fourth-order valence-electron chi connectivity index (χ4n) is 2.91. The number of aromatic nitrogens is 2. The lowest BCUT2D eigenvalue weighted by atomic mass is 10.0. The molecule has 2 heterocycles. The molecule has 1 aromatic carbocycles. The number of benzene rings is 1. The molecule has 0 unspecified atom stereocenters. The van der Waals surface area contributed by atoms with E-state index in [0.29, 0.717) is 5.56 Å². The minimum atomic E-state index is -4.61. The van der Waals surface area contributed by atoms with Gasteiger partial charge in [-0.25, -0.2) is 0 Å². The van der Waals surface area contributed by atoms with Crippen molar-refractivity contribution in [1.82, 2.24) is 10.2 Å². The van der Waals surface area contributed by atoms with Crippen LogP contribution in [0.4, 0.5) is 13.2 Å². The Morgan fingerprint density at radius 3 is 2.25 bits per heavy atom. The number of halogens is 3. The molecule has 1 aliphatic rings. The van der Waals surface area contributed by atoms with Crippen molar-refractivity contribution in [3.8, 4) is 31.6 Å². The van der Waals surface area contributed by atoms with Crippen LogP contribution in [0.15, 0.2) is 30.3 Å². The molecule has 0 spiro atoms. The summed E-state index contributed by atoms with van der Waals surface area (Å²) in [6.07, 6.45) is 9.28. The Morgan fingerprint density at radius 2 is 1.72 bits per heavy atom. The van der Waals surface area contributed by atoms with E-state index in [1.54, 1.807) is 30.3 Å². The number of aliphatic hydroxyl groups excluding tert-OH is 3. The second kappa shape index (κ2) is 14.9. The summed E-state index contributed by atoms with van der Waals surface area (Å²) in [4.78, 5) is 0. The lowest BCUT2D eigenvalue weighted by Crippen LogP contribution is -2.40. The van der Waals surface area contributed by atoms with E-state index in [1.165, 1.54) is 0 Å². The number of ether oxygens (including phenoxy) is 2. The molecule has 0 radical (unpaired) electrons. The average molecular weight is 456 g/mol. The molecule has 1 aliphatic heterocycles. The first-order valence-corrected chi connectivity index (χ1v) is 9.27. The van der Waals surface area contributed by atoms with Gasteiger partial charge in [-0.15, -0.1) is 30.8 Å². The molecule has 3 atom stereocenters. The quantitative estimate of drug-likeness (QED) is 0.515. The lowest BCUT2D eigenvalue weighted by Gasteiger charge is -2.31. The van der Waals surface area contributed by atoms with Crippen molar-refractivity contribution in [3.05, 3.63) is 47.2 Å². The fourth-order valence-corrected chi connectivity index (χ4v) is 2.91. The summed E-state index contributed by atoms with van der Waals surface area (Å²) in [7, 11) is 1.00. The monoisotopic (exact) mass is 456 g/mol. The van der Waals surface area contributed by atoms with E-state index in [9.17, 15) is 23.4 Å². The molecule has 0 amide bonds. The first-order valence-electron chi connectivity index (χ1n) is 9.27. The molecule has 176 valence electrons. The minimum Gasteiger partial charge on any atom is -0.446 e. The third-order valence-corrected chi connectivity index (χ3v) is 4.13. The van der Waals surface area contributed by atoms with E-state index < -0.39 is 30.4 Å². The Morgan fingerprint density at radius 1 is 1.12 bits per heavy atom. The predicted molar refractivity (Wildman–Crippen MR) is 112 cm³/mol. The van der Waals surface area contributed by atoms with Gasteiger partial charge in [0.1, 0.15) is 5.69 Å². The van der Waals surface area contributed by atoms with Gasteiger partial charge in [-0.1, -0.05) is 30.3 Å². The Kier molecular flexibility index (Phi) is 13.5. The van der Waals surface area contributed by atoms with Gasteiger partial charge in [0.05, 0.1) is 24.4 Å². The Labute approximate surface area is 185 Å². The first kappa shape index (κ1) is 29.0. The van der Waals surface area contributed by atoms with Crippen molar-refractivity contribution in [2.75, 3.05) is 13.7 Å². The number of hydrogen-bond donors (Lipinski definition) is 4. The number of hydrogen-bond acceptors (Lipinski definition) is 6. The van der Waals surface area contributed by atoms with Crippen molar-refractivity contribution < 1.29 is 38.0 Å². The van der Waals surface area contributed by atoms with Crippen LogP contribution in [0.5, 0.6) is 5.88 Å². The van der Waals surface area contributed by atoms with E-state index in [0.717, 1.165) is 7.11 Å². The van der Waals surface area contributed by atoms with Crippen LogP contribution in [0.25, 0.3) is 0 Å².